The number of carbonyl (C=O) groups excluding carboxylic acids is 1. The summed E-state index contributed by atoms with van der Waals surface area (Å²) in [4.78, 5) is 13.1. The van der Waals surface area contributed by atoms with Crippen LogP contribution in [0.3, 0.4) is 0 Å². The van der Waals surface area contributed by atoms with E-state index in [0.717, 1.165) is 22.3 Å². The maximum atomic E-state index is 11.9. The fourth-order valence-electron chi connectivity index (χ4n) is 2.13. The van der Waals surface area contributed by atoms with Gasteiger partial charge in [0, 0.05) is 10.8 Å². The van der Waals surface area contributed by atoms with Gasteiger partial charge in [-0.1, -0.05) is 5.21 Å². The predicted octanol–water partition coefficient (Wildman–Crippen LogP) is 3.20. The van der Waals surface area contributed by atoms with Crippen LogP contribution in [-0.4, -0.2) is 27.6 Å². The molecular weight excluding hydrogens is 342 g/mol. The minimum Gasteiger partial charge on any atom is -0.461 e. The molecule has 0 radical (unpaired) electrons. The summed E-state index contributed by atoms with van der Waals surface area (Å²) in [5, 5.41) is 8.17. The van der Waals surface area contributed by atoms with Crippen molar-refractivity contribution in [3.8, 4) is 0 Å². The highest BCUT2D eigenvalue weighted by Crippen LogP contribution is 2.41. The van der Waals surface area contributed by atoms with E-state index in [1.165, 1.54) is 4.88 Å². The fraction of sp³-hybridized carbons (Fsp3) is 0.462. The number of ether oxygens (including phenoxy) is 1. The number of carbonyl (C=O) groups is 1. The van der Waals surface area contributed by atoms with Gasteiger partial charge in [0.1, 0.15) is 0 Å². The second kappa shape index (κ2) is 5.65. The maximum Gasteiger partial charge on any atom is 0.360 e. The summed E-state index contributed by atoms with van der Waals surface area (Å²) in [7, 11) is 0. The van der Waals surface area contributed by atoms with Crippen molar-refractivity contribution < 1.29 is 9.53 Å². The minimum atomic E-state index is -0.368. The van der Waals surface area contributed by atoms with Gasteiger partial charge in [0.25, 0.3) is 0 Å². The maximum absolute atomic E-state index is 11.9. The zero-order valence-electron chi connectivity index (χ0n) is 11.0. The summed E-state index contributed by atoms with van der Waals surface area (Å²) in [6.45, 7) is 2.80. The largest absolute Gasteiger partial charge is 0.461 e. The van der Waals surface area contributed by atoms with Crippen LogP contribution in [-0.2, 0) is 11.3 Å². The van der Waals surface area contributed by atoms with E-state index < -0.39 is 0 Å². The van der Waals surface area contributed by atoms with Crippen LogP contribution in [0.4, 0.5) is 0 Å². The Morgan fingerprint density at radius 1 is 1.55 bits per heavy atom. The van der Waals surface area contributed by atoms with E-state index in [-0.39, 0.29) is 5.97 Å². The first-order chi connectivity index (χ1) is 9.69. The molecule has 0 spiro atoms. The van der Waals surface area contributed by atoms with Gasteiger partial charge in [0.05, 0.1) is 22.6 Å². The van der Waals surface area contributed by atoms with Crippen LogP contribution in [0.25, 0.3) is 0 Å². The number of thiophene rings is 1. The zero-order chi connectivity index (χ0) is 14.1. The average Bonchev–Trinajstić information content (AvgIpc) is 3.05. The minimum absolute atomic E-state index is 0.355. The first kappa shape index (κ1) is 13.8. The molecule has 1 aliphatic carbocycles. The van der Waals surface area contributed by atoms with E-state index in [0.29, 0.717) is 24.8 Å². The quantitative estimate of drug-likeness (QED) is 0.772. The van der Waals surface area contributed by atoms with Crippen LogP contribution >= 0.6 is 27.3 Å². The lowest BCUT2D eigenvalue weighted by Crippen LogP contribution is -2.10. The number of hydrogen-bond donors (Lipinski definition) is 0. The number of halogens is 1. The second-order valence-electron chi connectivity index (χ2n) is 4.68. The summed E-state index contributed by atoms with van der Waals surface area (Å²) < 4.78 is 7.98. The van der Waals surface area contributed by atoms with Crippen molar-refractivity contribution in [3.63, 3.8) is 0 Å². The molecule has 0 atom stereocenters. The van der Waals surface area contributed by atoms with Crippen molar-refractivity contribution in [3.05, 3.63) is 32.2 Å². The molecule has 3 rings (SSSR count). The Labute approximate surface area is 129 Å². The molecule has 1 aliphatic rings. The van der Waals surface area contributed by atoms with Crippen molar-refractivity contribution >= 4 is 33.2 Å². The van der Waals surface area contributed by atoms with E-state index in [9.17, 15) is 4.79 Å². The summed E-state index contributed by atoms with van der Waals surface area (Å²) in [6.07, 6.45) is 2.18. The highest BCUT2D eigenvalue weighted by atomic mass is 79.9. The molecule has 7 heteroatoms. The summed E-state index contributed by atoms with van der Waals surface area (Å²) in [5.41, 5.74) is 1.30. The van der Waals surface area contributed by atoms with Crippen molar-refractivity contribution in [2.45, 2.75) is 32.2 Å². The predicted molar refractivity (Wildman–Crippen MR) is 79.1 cm³/mol. The molecular formula is C13H14BrN3O2S. The number of hydrogen-bond acceptors (Lipinski definition) is 5. The molecule has 5 nitrogen and oxygen atoms in total. The fourth-order valence-corrected chi connectivity index (χ4v) is 3.59. The lowest BCUT2D eigenvalue weighted by atomic mass is 10.2. The molecule has 1 fully saturated rings. The molecule has 2 aromatic heterocycles. The Kier molecular flexibility index (Phi) is 3.89. The smallest absolute Gasteiger partial charge is 0.360 e. The first-order valence-electron chi connectivity index (χ1n) is 6.53. The van der Waals surface area contributed by atoms with E-state index in [1.54, 1.807) is 18.3 Å². The standard InChI is InChI=1S/C13H14BrN3O2S/c1-2-19-13(18)11-12(8-3-4-8)17(16-15-11)7-9-5-6-10(14)20-9/h5-6,8H,2-4,7H2,1H3. The summed E-state index contributed by atoms with van der Waals surface area (Å²) >= 11 is 5.12. The van der Waals surface area contributed by atoms with Crippen molar-refractivity contribution in [2.75, 3.05) is 6.61 Å². The molecule has 2 heterocycles. The second-order valence-corrected chi connectivity index (χ2v) is 7.23. The van der Waals surface area contributed by atoms with Crippen molar-refractivity contribution in [1.29, 1.82) is 0 Å². The Morgan fingerprint density at radius 3 is 2.95 bits per heavy atom. The molecule has 0 aliphatic heterocycles. The number of esters is 1. The lowest BCUT2D eigenvalue weighted by Gasteiger charge is -2.05. The third kappa shape index (κ3) is 2.78. The molecule has 0 N–H and O–H groups in total. The van der Waals surface area contributed by atoms with E-state index >= 15 is 0 Å². The Balaban J connectivity index is 1.89. The molecule has 20 heavy (non-hydrogen) atoms. The van der Waals surface area contributed by atoms with Crippen LogP contribution in [0.5, 0.6) is 0 Å². The molecule has 106 valence electrons. The van der Waals surface area contributed by atoms with Gasteiger partial charge in [-0.05, 0) is 47.8 Å². The van der Waals surface area contributed by atoms with Gasteiger partial charge in [-0.15, -0.1) is 16.4 Å². The zero-order valence-corrected chi connectivity index (χ0v) is 13.4. The average molecular weight is 356 g/mol. The van der Waals surface area contributed by atoms with E-state index in [2.05, 4.69) is 32.3 Å². The SMILES string of the molecule is CCOC(=O)c1nnn(Cc2ccc(Br)s2)c1C1CC1. The van der Waals surface area contributed by atoms with Crippen LogP contribution in [0, 0.1) is 0 Å². The molecule has 0 aromatic carbocycles. The highest BCUT2D eigenvalue weighted by Gasteiger charge is 2.34. The van der Waals surface area contributed by atoms with Crippen LogP contribution in [0.2, 0.25) is 0 Å². The van der Waals surface area contributed by atoms with Crippen molar-refractivity contribution in [1.82, 2.24) is 15.0 Å². The van der Waals surface area contributed by atoms with E-state index in [1.807, 2.05) is 10.7 Å². The molecule has 0 bridgehead atoms. The van der Waals surface area contributed by atoms with Gasteiger partial charge in [-0.3, -0.25) is 0 Å². The van der Waals surface area contributed by atoms with Crippen LogP contribution in [0.1, 0.15) is 46.7 Å². The molecule has 0 saturated heterocycles. The topological polar surface area (TPSA) is 57.0 Å². The van der Waals surface area contributed by atoms with Gasteiger partial charge in [0.15, 0.2) is 5.69 Å². The first-order valence-corrected chi connectivity index (χ1v) is 8.14. The number of rotatable bonds is 5. The van der Waals surface area contributed by atoms with E-state index in [4.69, 9.17) is 4.74 Å². The monoisotopic (exact) mass is 355 g/mol. The number of nitrogens with zero attached hydrogens (tertiary/aromatic N) is 3. The normalized spacial score (nSPS) is 14.5. The molecule has 2 aromatic rings. The molecule has 0 amide bonds. The summed E-state index contributed by atoms with van der Waals surface area (Å²) in [5.74, 6) is 0.0285. The molecule has 0 unspecified atom stereocenters. The number of aromatic nitrogens is 3. The highest BCUT2D eigenvalue weighted by molar-refractivity contribution is 9.11. The van der Waals surface area contributed by atoms with Gasteiger partial charge in [0.2, 0.25) is 0 Å². The van der Waals surface area contributed by atoms with Gasteiger partial charge in [-0.25, -0.2) is 9.48 Å². The lowest BCUT2D eigenvalue weighted by molar-refractivity contribution is 0.0518. The van der Waals surface area contributed by atoms with Gasteiger partial charge >= 0.3 is 5.97 Å². The van der Waals surface area contributed by atoms with Crippen LogP contribution < -0.4 is 0 Å². The van der Waals surface area contributed by atoms with Gasteiger partial charge in [-0.2, -0.15) is 0 Å². The van der Waals surface area contributed by atoms with Crippen LogP contribution in [0.15, 0.2) is 15.9 Å². The molecule has 1 saturated carbocycles. The Hall–Kier alpha value is -1.21. The Morgan fingerprint density at radius 2 is 2.35 bits per heavy atom. The van der Waals surface area contributed by atoms with Gasteiger partial charge < -0.3 is 4.74 Å². The Bertz CT molecular complexity index is 633. The van der Waals surface area contributed by atoms with Crippen molar-refractivity contribution in [2.24, 2.45) is 0 Å². The third-order valence-corrected chi connectivity index (χ3v) is 4.75. The third-order valence-electron chi connectivity index (χ3n) is 3.14. The summed E-state index contributed by atoms with van der Waals surface area (Å²) in [6, 6.07) is 4.07.